The highest BCUT2D eigenvalue weighted by atomic mass is 35.5. The first kappa shape index (κ1) is 18.8. The van der Waals surface area contributed by atoms with Gasteiger partial charge in [-0.2, -0.15) is 0 Å². The van der Waals surface area contributed by atoms with Gasteiger partial charge in [0.25, 0.3) is 0 Å². The molecule has 3 aromatic carbocycles. The van der Waals surface area contributed by atoms with Crippen molar-refractivity contribution in [3.8, 4) is 11.5 Å². The normalized spacial score (nSPS) is 11.0. The summed E-state index contributed by atoms with van der Waals surface area (Å²) >= 11 is 6.01. The minimum absolute atomic E-state index is 0.327. The standard InChI is InChI=1S/C22H19ClO4/c1-15-14-17(7-9-20(15)23)26-12-13-27-21-10-6-16-4-2-3-5-18(16)19(21)8-11-22(24)25/h2-11,14H,12-13H2,1H3,(H,24,25). The lowest BCUT2D eigenvalue weighted by Crippen LogP contribution is -2.09. The Bertz CT molecular complexity index is 995. The van der Waals surface area contributed by atoms with Crippen LogP contribution in [0.3, 0.4) is 0 Å². The Labute approximate surface area is 162 Å². The molecule has 0 amide bonds. The monoisotopic (exact) mass is 382 g/mol. The summed E-state index contributed by atoms with van der Waals surface area (Å²) in [6.45, 7) is 2.60. The number of fused-ring (bicyclic) bond motifs is 1. The third-order valence-electron chi connectivity index (χ3n) is 4.06. The van der Waals surface area contributed by atoms with Gasteiger partial charge in [-0.05, 0) is 53.6 Å². The molecule has 0 radical (unpaired) electrons. The number of benzene rings is 3. The highest BCUT2D eigenvalue weighted by molar-refractivity contribution is 6.31. The zero-order valence-electron chi connectivity index (χ0n) is 14.8. The number of carboxylic acid groups (broad SMARTS) is 1. The van der Waals surface area contributed by atoms with E-state index in [4.69, 9.17) is 26.2 Å². The van der Waals surface area contributed by atoms with Crippen LogP contribution in [0.4, 0.5) is 0 Å². The molecule has 3 aromatic rings. The van der Waals surface area contributed by atoms with E-state index in [2.05, 4.69) is 0 Å². The molecule has 0 aromatic heterocycles. The number of rotatable bonds is 7. The molecule has 27 heavy (non-hydrogen) atoms. The first-order valence-electron chi connectivity index (χ1n) is 8.49. The zero-order chi connectivity index (χ0) is 19.2. The van der Waals surface area contributed by atoms with Crippen LogP contribution in [-0.2, 0) is 4.79 Å². The first-order valence-corrected chi connectivity index (χ1v) is 8.87. The smallest absolute Gasteiger partial charge is 0.328 e. The van der Waals surface area contributed by atoms with Crippen LogP contribution in [0.15, 0.2) is 60.7 Å². The van der Waals surface area contributed by atoms with E-state index in [9.17, 15) is 4.79 Å². The van der Waals surface area contributed by atoms with Gasteiger partial charge in [0.05, 0.1) is 0 Å². The van der Waals surface area contributed by atoms with Crippen LogP contribution in [0.1, 0.15) is 11.1 Å². The van der Waals surface area contributed by atoms with E-state index in [1.54, 1.807) is 12.1 Å². The molecule has 0 aliphatic carbocycles. The molecule has 0 aliphatic rings. The van der Waals surface area contributed by atoms with Gasteiger partial charge in [-0.25, -0.2) is 4.79 Å². The van der Waals surface area contributed by atoms with Gasteiger partial charge in [0, 0.05) is 16.7 Å². The fourth-order valence-corrected chi connectivity index (χ4v) is 2.86. The van der Waals surface area contributed by atoms with Crippen molar-refractivity contribution in [3.05, 3.63) is 76.8 Å². The number of carbonyl (C=O) groups is 1. The van der Waals surface area contributed by atoms with Crippen molar-refractivity contribution in [2.45, 2.75) is 6.92 Å². The van der Waals surface area contributed by atoms with Crippen LogP contribution in [0.5, 0.6) is 11.5 Å². The van der Waals surface area contributed by atoms with Crippen molar-refractivity contribution in [2.75, 3.05) is 13.2 Å². The number of aryl methyl sites for hydroxylation is 1. The number of hydrogen-bond acceptors (Lipinski definition) is 3. The Morgan fingerprint density at radius 1 is 1.07 bits per heavy atom. The zero-order valence-corrected chi connectivity index (χ0v) is 15.6. The first-order chi connectivity index (χ1) is 13.0. The van der Waals surface area contributed by atoms with Gasteiger partial charge in [-0.1, -0.05) is 41.9 Å². The Balaban J connectivity index is 1.73. The third-order valence-corrected chi connectivity index (χ3v) is 4.49. The van der Waals surface area contributed by atoms with Gasteiger partial charge in [0.1, 0.15) is 24.7 Å². The molecule has 0 unspecified atom stereocenters. The quantitative estimate of drug-likeness (QED) is 0.441. The van der Waals surface area contributed by atoms with Gasteiger partial charge in [-0.15, -0.1) is 0 Å². The second kappa shape index (κ2) is 8.60. The van der Waals surface area contributed by atoms with Crippen molar-refractivity contribution in [2.24, 2.45) is 0 Å². The summed E-state index contributed by atoms with van der Waals surface area (Å²) in [5.41, 5.74) is 1.68. The summed E-state index contributed by atoms with van der Waals surface area (Å²) in [5, 5.41) is 11.6. The molecule has 0 saturated carbocycles. The summed E-state index contributed by atoms with van der Waals surface area (Å²) in [6.07, 6.45) is 2.67. The minimum Gasteiger partial charge on any atom is -0.490 e. The average molecular weight is 383 g/mol. The van der Waals surface area contributed by atoms with Crippen molar-refractivity contribution in [1.29, 1.82) is 0 Å². The van der Waals surface area contributed by atoms with Crippen LogP contribution in [0.25, 0.3) is 16.8 Å². The van der Waals surface area contributed by atoms with E-state index in [-0.39, 0.29) is 0 Å². The van der Waals surface area contributed by atoms with Crippen molar-refractivity contribution < 1.29 is 19.4 Å². The van der Waals surface area contributed by atoms with Crippen LogP contribution in [-0.4, -0.2) is 24.3 Å². The molecule has 138 valence electrons. The molecule has 0 saturated heterocycles. The van der Waals surface area contributed by atoms with Gasteiger partial charge < -0.3 is 14.6 Å². The molecule has 0 spiro atoms. The summed E-state index contributed by atoms with van der Waals surface area (Å²) in [7, 11) is 0. The maximum Gasteiger partial charge on any atom is 0.328 e. The summed E-state index contributed by atoms with van der Waals surface area (Å²) in [5.74, 6) is 0.336. The Morgan fingerprint density at radius 2 is 1.85 bits per heavy atom. The molecule has 1 N–H and O–H groups in total. The highest BCUT2D eigenvalue weighted by Gasteiger charge is 2.07. The Kier molecular flexibility index (Phi) is 5.99. The number of halogens is 1. The minimum atomic E-state index is -1.00. The van der Waals surface area contributed by atoms with Crippen molar-refractivity contribution in [1.82, 2.24) is 0 Å². The predicted octanol–water partition coefficient (Wildman–Crippen LogP) is 5.36. The molecular weight excluding hydrogens is 364 g/mol. The van der Waals surface area contributed by atoms with Crippen LogP contribution in [0.2, 0.25) is 5.02 Å². The topological polar surface area (TPSA) is 55.8 Å². The fraction of sp³-hybridized carbons (Fsp3) is 0.136. The van der Waals surface area contributed by atoms with Gasteiger partial charge in [-0.3, -0.25) is 0 Å². The number of aliphatic carboxylic acids is 1. The summed E-state index contributed by atoms with van der Waals surface area (Å²) in [6, 6.07) is 17.0. The van der Waals surface area contributed by atoms with Gasteiger partial charge >= 0.3 is 5.97 Å². The maximum absolute atomic E-state index is 10.9. The number of carboxylic acids is 1. The van der Waals surface area contributed by atoms with Crippen LogP contribution < -0.4 is 9.47 Å². The molecule has 0 atom stereocenters. The van der Waals surface area contributed by atoms with Crippen LogP contribution in [0, 0.1) is 6.92 Å². The Hall–Kier alpha value is -2.98. The largest absolute Gasteiger partial charge is 0.490 e. The SMILES string of the molecule is Cc1cc(OCCOc2ccc3ccccc3c2C=CC(=O)O)ccc1Cl. The van der Waals surface area contributed by atoms with Crippen molar-refractivity contribution >= 4 is 34.4 Å². The molecule has 4 nitrogen and oxygen atoms in total. The third kappa shape index (κ3) is 4.80. The molecule has 0 aliphatic heterocycles. The van der Waals surface area contributed by atoms with E-state index < -0.39 is 5.97 Å². The molecule has 0 fully saturated rings. The van der Waals surface area contributed by atoms with E-state index in [1.165, 1.54) is 0 Å². The molecular formula is C22H19ClO4. The van der Waals surface area contributed by atoms with E-state index in [0.717, 1.165) is 33.7 Å². The molecule has 3 rings (SSSR count). The second-order valence-corrected chi connectivity index (χ2v) is 6.39. The molecule has 0 heterocycles. The lowest BCUT2D eigenvalue weighted by Gasteiger charge is -2.13. The van der Waals surface area contributed by atoms with Gasteiger partial charge in [0.2, 0.25) is 0 Å². The maximum atomic E-state index is 10.9. The molecule has 5 heteroatoms. The lowest BCUT2D eigenvalue weighted by atomic mass is 10.0. The van der Waals surface area contributed by atoms with Crippen LogP contribution >= 0.6 is 11.6 Å². The number of hydrogen-bond donors (Lipinski definition) is 1. The van der Waals surface area contributed by atoms with Gasteiger partial charge in [0.15, 0.2) is 0 Å². The summed E-state index contributed by atoms with van der Waals surface area (Å²) < 4.78 is 11.6. The van der Waals surface area contributed by atoms with Crippen molar-refractivity contribution in [3.63, 3.8) is 0 Å². The number of ether oxygens (including phenoxy) is 2. The Morgan fingerprint density at radius 3 is 2.63 bits per heavy atom. The lowest BCUT2D eigenvalue weighted by molar-refractivity contribution is -0.131. The molecule has 0 bridgehead atoms. The second-order valence-electron chi connectivity index (χ2n) is 5.98. The van der Waals surface area contributed by atoms with E-state index in [1.807, 2.05) is 55.5 Å². The van der Waals surface area contributed by atoms with E-state index in [0.29, 0.717) is 24.0 Å². The highest BCUT2D eigenvalue weighted by Crippen LogP contribution is 2.29. The summed E-state index contributed by atoms with van der Waals surface area (Å²) in [4.78, 5) is 10.9. The average Bonchev–Trinajstić information content (AvgIpc) is 2.66. The van der Waals surface area contributed by atoms with E-state index >= 15 is 0 Å². The fourth-order valence-electron chi connectivity index (χ4n) is 2.75. The predicted molar refractivity (Wildman–Crippen MR) is 108 cm³/mol.